The van der Waals surface area contributed by atoms with Crippen LogP contribution in [0.1, 0.15) is 59.8 Å². The monoisotopic (exact) mass is 206 g/mol. The first-order valence-corrected chi connectivity index (χ1v) is 6.98. The molecule has 0 amide bonds. The van der Waals surface area contributed by atoms with E-state index in [1.54, 1.807) is 12.8 Å². The SMILES string of the molecule is CC1CC[C@@]23CC1C(C)(C)[C@@H]2CC[C@@H]3C. The maximum Gasteiger partial charge on any atom is -0.0235 e. The van der Waals surface area contributed by atoms with E-state index >= 15 is 0 Å². The Morgan fingerprint density at radius 3 is 2.47 bits per heavy atom. The molecule has 2 bridgehead atoms. The average Bonchev–Trinajstić information content (AvgIpc) is 2.57. The van der Waals surface area contributed by atoms with Gasteiger partial charge in [0.2, 0.25) is 0 Å². The topological polar surface area (TPSA) is 0 Å². The largest absolute Gasteiger partial charge is 0.0622 e. The minimum atomic E-state index is 0.640. The van der Waals surface area contributed by atoms with Crippen molar-refractivity contribution in [3.05, 3.63) is 0 Å². The third-order valence-electron chi connectivity index (χ3n) is 6.77. The van der Waals surface area contributed by atoms with Crippen molar-refractivity contribution in [2.24, 2.45) is 34.5 Å². The first-order valence-electron chi connectivity index (χ1n) is 6.98. The van der Waals surface area contributed by atoms with Crippen LogP contribution in [0.25, 0.3) is 0 Å². The van der Waals surface area contributed by atoms with Crippen LogP contribution in [0.15, 0.2) is 0 Å². The minimum Gasteiger partial charge on any atom is -0.0622 e. The van der Waals surface area contributed by atoms with Gasteiger partial charge in [0.15, 0.2) is 0 Å². The van der Waals surface area contributed by atoms with E-state index in [9.17, 15) is 0 Å². The summed E-state index contributed by atoms with van der Waals surface area (Å²) >= 11 is 0. The summed E-state index contributed by atoms with van der Waals surface area (Å²) in [5.41, 5.74) is 1.42. The second kappa shape index (κ2) is 2.81. The van der Waals surface area contributed by atoms with E-state index in [4.69, 9.17) is 0 Å². The smallest absolute Gasteiger partial charge is 0.0235 e. The Kier molecular flexibility index (Phi) is 1.91. The third-order valence-corrected chi connectivity index (χ3v) is 6.77. The molecule has 15 heavy (non-hydrogen) atoms. The lowest BCUT2D eigenvalue weighted by atomic mass is 9.66. The zero-order chi connectivity index (χ0) is 10.8. The summed E-state index contributed by atoms with van der Waals surface area (Å²) in [6.45, 7) is 10.2. The summed E-state index contributed by atoms with van der Waals surface area (Å²) in [4.78, 5) is 0. The Hall–Kier alpha value is 0. The molecule has 0 radical (unpaired) electrons. The highest BCUT2D eigenvalue weighted by atomic mass is 14.7. The van der Waals surface area contributed by atoms with Crippen molar-refractivity contribution >= 4 is 0 Å². The van der Waals surface area contributed by atoms with Gasteiger partial charge in [-0.1, -0.05) is 27.7 Å². The first-order chi connectivity index (χ1) is 6.98. The Bertz CT molecular complexity index is 278. The second-order valence-electron chi connectivity index (χ2n) is 7.41. The molecule has 1 spiro atoms. The molecular weight excluding hydrogens is 180 g/mol. The van der Waals surface area contributed by atoms with Crippen LogP contribution in [0.4, 0.5) is 0 Å². The summed E-state index contributed by atoms with van der Waals surface area (Å²) in [6.07, 6.45) is 7.65. The Balaban J connectivity index is 2.04. The fourth-order valence-corrected chi connectivity index (χ4v) is 5.88. The predicted octanol–water partition coefficient (Wildman–Crippen LogP) is 4.49. The number of rotatable bonds is 0. The molecule has 0 aliphatic heterocycles. The van der Waals surface area contributed by atoms with E-state index in [0.717, 1.165) is 29.1 Å². The quantitative estimate of drug-likeness (QED) is 0.547. The molecule has 0 aromatic heterocycles. The number of hydrogen-bond acceptors (Lipinski definition) is 0. The van der Waals surface area contributed by atoms with Crippen LogP contribution in [0.2, 0.25) is 0 Å². The van der Waals surface area contributed by atoms with Crippen LogP contribution in [0.5, 0.6) is 0 Å². The van der Waals surface area contributed by atoms with Gasteiger partial charge in [-0.15, -0.1) is 0 Å². The van der Waals surface area contributed by atoms with Gasteiger partial charge in [0.05, 0.1) is 0 Å². The van der Waals surface area contributed by atoms with Gasteiger partial charge in [0, 0.05) is 0 Å². The van der Waals surface area contributed by atoms with E-state index < -0.39 is 0 Å². The van der Waals surface area contributed by atoms with Crippen LogP contribution < -0.4 is 0 Å². The molecule has 5 atom stereocenters. The van der Waals surface area contributed by atoms with E-state index in [2.05, 4.69) is 27.7 Å². The van der Waals surface area contributed by atoms with Gasteiger partial charge >= 0.3 is 0 Å². The van der Waals surface area contributed by atoms with E-state index in [-0.39, 0.29) is 0 Å². The maximum absolute atomic E-state index is 2.57. The number of fused-ring (bicyclic) bond motifs is 1. The lowest BCUT2D eigenvalue weighted by Crippen LogP contribution is -2.30. The molecule has 0 heterocycles. The first kappa shape index (κ1) is 10.2. The average molecular weight is 206 g/mol. The minimum absolute atomic E-state index is 0.640. The Labute approximate surface area is 94.8 Å². The van der Waals surface area contributed by atoms with Crippen molar-refractivity contribution in [1.82, 2.24) is 0 Å². The molecule has 0 heteroatoms. The Morgan fingerprint density at radius 1 is 1.00 bits per heavy atom. The molecule has 3 fully saturated rings. The summed E-state index contributed by atoms with van der Waals surface area (Å²) in [7, 11) is 0. The van der Waals surface area contributed by atoms with Crippen molar-refractivity contribution in [3.8, 4) is 0 Å². The van der Waals surface area contributed by atoms with Crippen molar-refractivity contribution in [1.29, 1.82) is 0 Å². The maximum atomic E-state index is 2.57. The van der Waals surface area contributed by atoms with Crippen molar-refractivity contribution in [2.45, 2.75) is 59.8 Å². The van der Waals surface area contributed by atoms with Crippen molar-refractivity contribution < 1.29 is 0 Å². The highest BCUT2D eigenvalue weighted by Crippen LogP contribution is 2.72. The predicted molar refractivity (Wildman–Crippen MR) is 64.6 cm³/mol. The summed E-state index contributed by atoms with van der Waals surface area (Å²) in [5.74, 6) is 4.08. The summed E-state index contributed by atoms with van der Waals surface area (Å²) in [6, 6.07) is 0. The molecule has 0 aromatic rings. The van der Waals surface area contributed by atoms with Crippen LogP contribution in [-0.4, -0.2) is 0 Å². The third kappa shape index (κ3) is 1.04. The highest BCUT2D eigenvalue weighted by molar-refractivity contribution is 5.13. The molecule has 86 valence electrons. The van der Waals surface area contributed by atoms with E-state index in [1.165, 1.54) is 19.3 Å². The zero-order valence-corrected chi connectivity index (χ0v) is 10.8. The van der Waals surface area contributed by atoms with Crippen molar-refractivity contribution in [3.63, 3.8) is 0 Å². The molecule has 3 saturated carbocycles. The molecule has 2 unspecified atom stereocenters. The van der Waals surface area contributed by atoms with Crippen LogP contribution in [0.3, 0.4) is 0 Å². The zero-order valence-electron chi connectivity index (χ0n) is 10.8. The van der Waals surface area contributed by atoms with Gasteiger partial charge in [-0.3, -0.25) is 0 Å². The van der Waals surface area contributed by atoms with E-state index in [1.807, 2.05) is 0 Å². The molecule has 3 aliphatic carbocycles. The molecule has 0 nitrogen and oxygen atoms in total. The summed E-state index contributed by atoms with van der Waals surface area (Å²) < 4.78 is 0. The molecule has 0 N–H and O–H groups in total. The van der Waals surface area contributed by atoms with Crippen molar-refractivity contribution in [2.75, 3.05) is 0 Å². The fourth-order valence-electron chi connectivity index (χ4n) is 5.88. The second-order valence-corrected chi connectivity index (χ2v) is 7.41. The molecular formula is C15H26. The van der Waals surface area contributed by atoms with Gasteiger partial charge in [-0.25, -0.2) is 0 Å². The molecule has 0 saturated heterocycles. The lowest BCUT2D eigenvalue weighted by molar-refractivity contribution is 0.104. The highest BCUT2D eigenvalue weighted by Gasteiger charge is 2.64. The number of hydrogen-bond donors (Lipinski definition) is 0. The molecule has 0 aromatic carbocycles. The van der Waals surface area contributed by atoms with Gasteiger partial charge in [0.25, 0.3) is 0 Å². The van der Waals surface area contributed by atoms with Crippen LogP contribution >= 0.6 is 0 Å². The van der Waals surface area contributed by atoms with Gasteiger partial charge in [0.1, 0.15) is 0 Å². The standard InChI is InChI=1S/C15H26/c1-10-7-8-15-9-12(10)14(3,4)13(15)6-5-11(15)2/h10-13H,5-9H2,1-4H3/t10?,11-,12?,13-,15-/m0/s1. The van der Waals surface area contributed by atoms with Gasteiger partial charge < -0.3 is 0 Å². The van der Waals surface area contributed by atoms with Crippen LogP contribution in [0, 0.1) is 34.5 Å². The van der Waals surface area contributed by atoms with Crippen LogP contribution in [-0.2, 0) is 0 Å². The molecule has 3 aliphatic rings. The van der Waals surface area contributed by atoms with Gasteiger partial charge in [-0.2, -0.15) is 0 Å². The van der Waals surface area contributed by atoms with Gasteiger partial charge in [-0.05, 0) is 66.6 Å². The van der Waals surface area contributed by atoms with E-state index in [0.29, 0.717) is 5.41 Å². The summed E-state index contributed by atoms with van der Waals surface area (Å²) in [5, 5.41) is 0. The lowest BCUT2D eigenvalue weighted by Gasteiger charge is -2.39. The fraction of sp³-hybridized carbons (Fsp3) is 1.00. The molecule has 3 rings (SSSR count). The normalized spacial score (nSPS) is 56.8. The Morgan fingerprint density at radius 2 is 1.73 bits per heavy atom.